The molecule has 0 aromatic carbocycles. The SMILES string of the molecule is C[C@H]1O[C@@H](O[C@H]2[C@H](O[C@@H]3[C@@H](O)[C@H](O)[C@@H](C(=O)O)O[C@H]3O)O[C@H](CO)[C@@H](O)[C@@H]2O)[C@H](O)[C@@H](O)[C@H]1O. The number of aliphatic hydroxyl groups is 9. The Balaban J connectivity index is 1.82. The summed E-state index contributed by atoms with van der Waals surface area (Å²) in [5, 5.41) is 99.7. The minimum atomic E-state index is -2.10. The smallest absolute Gasteiger partial charge is 0.335 e. The van der Waals surface area contributed by atoms with Crippen molar-refractivity contribution in [1.29, 1.82) is 0 Å². The molecule has 3 fully saturated rings. The Morgan fingerprint density at radius 2 is 1.29 bits per heavy atom. The third kappa shape index (κ3) is 5.20. The van der Waals surface area contributed by atoms with E-state index >= 15 is 0 Å². The maximum Gasteiger partial charge on any atom is 0.335 e. The van der Waals surface area contributed by atoms with Crippen LogP contribution in [0.25, 0.3) is 0 Å². The summed E-state index contributed by atoms with van der Waals surface area (Å²) < 4.78 is 26.3. The highest BCUT2D eigenvalue weighted by Crippen LogP contribution is 2.32. The van der Waals surface area contributed by atoms with E-state index in [0.29, 0.717) is 0 Å². The van der Waals surface area contributed by atoms with E-state index in [-0.39, 0.29) is 0 Å². The number of hydrogen-bond donors (Lipinski definition) is 10. The number of carboxylic acid groups (broad SMARTS) is 1. The van der Waals surface area contributed by atoms with Gasteiger partial charge in [-0.2, -0.15) is 0 Å². The van der Waals surface area contributed by atoms with E-state index in [4.69, 9.17) is 28.8 Å². The van der Waals surface area contributed by atoms with Crippen molar-refractivity contribution in [3.8, 4) is 0 Å². The minimum Gasteiger partial charge on any atom is -0.479 e. The van der Waals surface area contributed by atoms with Gasteiger partial charge in [0.15, 0.2) is 25.0 Å². The summed E-state index contributed by atoms with van der Waals surface area (Å²) in [4.78, 5) is 11.1. The quantitative estimate of drug-likeness (QED) is 0.162. The first-order valence-corrected chi connectivity index (χ1v) is 10.4. The van der Waals surface area contributed by atoms with Crippen molar-refractivity contribution in [3.05, 3.63) is 0 Å². The second-order valence-corrected chi connectivity index (χ2v) is 8.36. The summed E-state index contributed by atoms with van der Waals surface area (Å²) in [6, 6.07) is 0. The molecule has 0 saturated carbocycles. The van der Waals surface area contributed by atoms with Crippen LogP contribution in [0.4, 0.5) is 0 Å². The number of carboxylic acids is 1. The maximum absolute atomic E-state index is 11.1. The molecule has 3 saturated heterocycles. The molecule has 0 amide bonds. The molecule has 198 valence electrons. The molecule has 16 nitrogen and oxygen atoms in total. The third-order valence-corrected chi connectivity index (χ3v) is 6.02. The zero-order chi connectivity index (χ0) is 25.5. The molecular formula is C18H30O16. The summed E-state index contributed by atoms with van der Waals surface area (Å²) in [5.41, 5.74) is 0. The molecule has 3 heterocycles. The van der Waals surface area contributed by atoms with Gasteiger partial charge < -0.3 is 74.7 Å². The highest BCUT2D eigenvalue weighted by atomic mass is 16.8. The molecule has 10 N–H and O–H groups in total. The van der Waals surface area contributed by atoms with Crippen LogP contribution in [0.5, 0.6) is 0 Å². The van der Waals surface area contributed by atoms with Gasteiger partial charge in [0.25, 0.3) is 0 Å². The van der Waals surface area contributed by atoms with E-state index in [0.717, 1.165) is 0 Å². The predicted octanol–water partition coefficient (Wildman–Crippen LogP) is -6.45. The largest absolute Gasteiger partial charge is 0.479 e. The van der Waals surface area contributed by atoms with E-state index in [9.17, 15) is 50.8 Å². The number of carbonyl (C=O) groups is 1. The molecule has 3 aliphatic rings. The normalized spacial score (nSPS) is 52.4. The van der Waals surface area contributed by atoms with E-state index in [1.807, 2.05) is 0 Å². The van der Waals surface area contributed by atoms with Crippen molar-refractivity contribution in [2.24, 2.45) is 0 Å². The zero-order valence-corrected chi connectivity index (χ0v) is 17.8. The Bertz CT molecular complexity index is 695. The lowest BCUT2D eigenvalue weighted by Gasteiger charge is -2.47. The van der Waals surface area contributed by atoms with Crippen LogP contribution in [0.1, 0.15) is 6.92 Å². The van der Waals surface area contributed by atoms with Crippen LogP contribution in [-0.4, -0.2) is 156 Å². The molecule has 0 spiro atoms. The van der Waals surface area contributed by atoms with Gasteiger partial charge in [-0.15, -0.1) is 0 Å². The lowest BCUT2D eigenvalue weighted by atomic mass is 9.96. The Kier molecular flexibility index (Phi) is 8.81. The Hall–Kier alpha value is -1.09. The predicted molar refractivity (Wildman–Crippen MR) is 100 cm³/mol. The average Bonchev–Trinajstić information content (AvgIpc) is 2.79. The molecule has 34 heavy (non-hydrogen) atoms. The number of hydrogen-bond acceptors (Lipinski definition) is 15. The van der Waals surface area contributed by atoms with Gasteiger partial charge in [0.2, 0.25) is 0 Å². The lowest BCUT2D eigenvalue weighted by molar-refractivity contribution is -0.388. The molecule has 0 aromatic rings. The van der Waals surface area contributed by atoms with Crippen molar-refractivity contribution in [1.82, 2.24) is 0 Å². The Labute approximate surface area is 192 Å². The second kappa shape index (κ2) is 10.9. The van der Waals surface area contributed by atoms with Gasteiger partial charge in [-0.1, -0.05) is 0 Å². The van der Waals surface area contributed by atoms with E-state index in [2.05, 4.69) is 0 Å². The first-order valence-electron chi connectivity index (χ1n) is 10.4. The Morgan fingerprint density at radius 1 is 0.706 bits per heavy atom. The number of aliphatic hydroxyl groups excluding tert-OH is 9. The first kappa shape index (κ1) is 27.5. The van der Waals surface area contributed by atoms with Crippen molar-refractivity contribution < 1.29 is 79.5 Å². The first-order chi connectivity index (χ1) is 15.9. The monoisotopic (exact) mass is 502 g/mol. The third-order valence-electron chi connectivity index (χ3n) is 6.02. The summed E-state index contributed by atoms with van der Waals surface area (Å²) >= 11 is 0. The van der Waals surface area contributed by atoms with Gasteiger partial charge in [0, 0.05) is 0 Å². The van der Waals surface area contributed by atoms with Crippen molar-refractivity contribution in [3.63, 3.8) is 0 Å². The fourth-order valence-electron chi connectivity index (χ4n) is 3.95. The molecule has 16 heteroatoms. The molecule has 0 aliphatic carbocycles. The van der Waals surface area contributed by atoms with Gasteiger partial charge in [-0.05, 0) is 6.92 Å². The van der Waals surface area contributed by atoms with E-state index in [1.165, 1.54) is 6.92 Å². The fraction of sp³-hybridized carbons (Fsp3) is 0.944. The molecule has 15 atom stereocenters. The Morgan fingerprint density at radius 3 is 1.88 bits per heavy atom. The molecule has 0 radical (unpaired) electrons. The molecule has 0 aromatic heterocycles. The van der Waals surface area contributed by atoms with Crippen LogP contribution in [0, 0.1) is 0 Å². The van der Waals surface area contributed by atoms with Gasteiger partial charge in [0.1, 0.15) is 61.0 Å². The van der Waals surface area contributed by atoms with Crippen LogP contribution in [0.3, 0.4) is 0 Å². The number of ether oxygens (including phenoxy) is 5. The van der Waals surface area contributed by atoms with Crippen LogP contribution >= 0.6 is 0 Å². The standard InChI is InChI=1S/C18H30O16/c1-3-5(20)7(22)11(26)17(30-3)34-14-8(23)6(21)4(2-19)31-18(14)33-13-10(25)9(24)12(15(27)28)32-16(13)29/h3-14,16-26,29H,2H2,1H3,(H,27,28)/t3-,4-,5+,6-,7+,8+,9+,10+,11-,12+,13-,14-,16-,17+,18+/m1/s1. The summed E-state index contributed by atoms with van der Waals surface area (Å²) in [5.74, 6) is -1.67. The molecule has 3 aliphatic heterocycles. The molecular weight excluding hydrogens is 472 g/mol. The fourth-order valence-corrected chi connectivity index (χ4v) is 3.95. The number of aliphatic carboxylic acids is 1. The van der Waals surface area contributed by atoms with E-state index < -0.39 is 105 Å². The van der Waals surface area contributed by atoms with Crippen LogP contribution in [0.15, 0.2) is 0 Å². The number of rotatable bonds is 6. The molecule has 0 bridgehead atoms. The average molecular weight is 502 g/mol. The van der Waals surface area contributed by atoms with Crippen LogP contribution in [-0.2, 0) is 28.5 Å². The van der Waals surface area contributed by atoms with Gasteiger partial charge in [-0.25, -0.2) is 4.79 Å². The lowest BCUT2D eigenvalue weighted by Crippen LogP contribution is -2.66. The summed E-state index contributed by atoms with van der Waals surface area (Å²) in [6.45, 7) is 0.548. The van der Waals surface area contributed by atoms with Gasteiger partial charge in [0.05, 0.1) is 12.7 Å². The van der Waals surface area contributed by atoms with Gasteiger partial charge in [-0.3, -0.25) is 0 Å². The highest BCUT2D eigenvalue weighted by Gasteiger charge is 2.54. The van der Waals surface area contributed by atoms with Crippen molar-refractivity contribution in [2.45, 2.75) is 99.0 Å². The van der Waals surface area contributed by atoms with Crippen LogP contribution < -0.4 is 0 Å². The second-order valence-electron chi connectivity index (χ2n) is 8.36. The van der Waals surface area contributed by atoms with E-state index in [1.54, 1.807) is 0 Å². The van der Waals surface area contributed by atoms with Crippen LogP contribution in [0.2, 0.25) is 0 Å². The summed E-state index contributed by atoms with van der Waals surface area (Å²) in [6.07, 6.45) is -26.4. The van der Waals surface area contributed by atoms with Crippen molar-refractivity contribution >= 4 is 5.97 Å². The zero-order valence-electron chi connectivity index (χ0n) is 17.8. The molecule has 0 unspecified atom stereocenters. The van der Waals surface area contributed by atoms with Crippen molar-refractivity contribution in [2.75, 3.05) is 6.61 Å². The molecule has 3 rings (SSSR count). The topological polar surface area (TPSA) is 266 Å². The summed E-state index contributed by atoms with van der Waals surface area (Å²) in [7, 11) is 0. The highest BCUT2D eigenvalue weighted by molar-refractivity contribution is 5.73. The maximum atomic E-state index is 11.1. The minimum absolute atomic E-state index is 0.814. The van der Waals surface area contributed by atoms with Gasteiger partial charge >= 0.3 is 5.97 Å².